The molecule has 26 heavy (non-hydrogen) atoms. The Bertz CT molecular complexity index is 383. The number of aliphatic hydroxyl groups excluding tert-OH is 1. The predicted molar refractivity (Wildman–Crippen MR) is 111 cm³/mol. The van der Waals surface area contributed by atoms with Gasteiger partial charge in [0.2, 0.25) is 0 Å². The first kappa shape index (κ1) is 25.6. The molecule has 2 aliphatic carbocycles. The van der Waals surface area contributed by atoms with Crippen molar-refractivity contribution in [2.45, 2.75) is 93.6 Å². The van der Waals surface area contributed by atoms with Crippen molar-refractivity contribution in [3.05, 3.63) is 0 Å². The summed E-state index contributed by atoms with van der Waals surface area (Å²) in [6.45, 7) is 17.1. The molecular weight excluding hydrogens is 324 g/mol. The number of methoxy groups -OCH3 is 1. The highest BCUT2D eigenvalue weighted by Crippen LogP contribution is 2.45. The van der Waals surface area contributed by atoms with Gasteiger partial charge in [-0.05, 0) is 61.2 Å². The number of hydrogen-bond acceptors (Lipinski definition) is 3. The lowest BCUT2D eigenvalue weighted by Gasteiger charge is -2.34. The Morgan fingerprint density at radius 2 is 1.62 bits per heavy atom. The lowest BCUT2D eigenvalue weighted by molar-refractivity contribution is -0.119. The number of aliphatic hydroxyl groups is 1. The highest BCUT2D eigenvalue weighted by atomic mass is 16.5. The largest absolute Gasteiger partial charge is 0.396 e. The van der Waals surface area contributed by atoms with E-state index in [2.05, 4.69) is 41.5 Å². The van der Waals surface area contributed by atoms with Crippen LogP contribution in [0.2, 0.25) is 0 Å². The maximum atomic E-state index is 10.9. The molecule has 0 aromatic carbocycles. The molecule has 1 N–H and O–H groups in total. The fourth-order valence-corrected chi connectivity index (χ4v) is 4.00. The van der Waals surface area contributed by atoms with Gasteiger partial charge < -0.3 is 14.6 Å². The zero-order chi connectivity index (χ0) is 20.5. The van der Waals surface area contributed by atoms with Gasteiger partial charge in [-0.15, -0.1) is 0 Å². The quantitative estimate of drug-likeness (QED) is 0.628. The van der Waals surface area contributed by atoms with Crippen LogP contribution >= 0.6 is 0 Å². The van der Waals surface area contributed by atoms with Gasteiger partial charge in [0, 0.05) is 19.1 Å². The number of rotatable bonds is 5. The van der Waals surface area contributed by atoms with Crippen LogP contribution in [-0.2, 0) is 9.53 Å². The summed E-state index contributed by atoms with van der Waals surface area (Å²) in [5.41, 5.74) is 0.0815. The molecule has 0 heterocycles. The molecule has 2 saturated carbocycles. The molecule has 0 aromatic heterocycles. The first-order valence-electron chi connectivity index (χ1n) is 10.5. The van der Waals surface area contributed by atoms with Crippen LogP contribution in [0.5, 0.6) is 0 Å². The molecule has 4 unspecified atom stereocenters. The molecule has 2 bridgehead atoms. The van der Waals surface area contributed by atoms with Crippen molar-refractivity contribution in [2.24, 2.45) is 34.5 Å². The van der Waals surface area contributed by atoms with E-state index in [1.807, 2.05) is 21.0 Å². The van der Waals surface area contributed by atoms with Gasteiger partial charge in [0.05, 0.1) is 6.10 Å². The topological polar surface area (TPSA) is 46.5 Å². The Hall–Kier alpha value is -0.410. The third-order valence-corrected chi connectivity index (χ3v) is 5.84. The van der Waals surface area contributed by atoms with Gasteiger partial charge in [0.1, 0.15) is 6.29 Å². The van der Waals surface area contributed by atoms with Crippen molar-refractivity contribution in [3.8, 4) is 0 Å². The molecule has 2 rings (SSSR count). The fourth-order valence-electron chi connectivity index (χ4n) is 4.00. The Morgan fingerprint density at radius 3 is 1.77 bits per heavy atom. The molecule has 0 amide bonds. The van der Waals surface area contributed by atoms with Crippen LogP contribution < -0.4 is 0 Å². The van der Waals surface area contributed by atoms with Gasteiger partial charge >= 0.3 is 0 Å². The minimum Gasteiger partial charge on any atom is -0.396 e. The maximum Gasteiger partial charge on any atom is 0.126 e. The van der Waals surface area contributed by atoms with Crippen LogP contribution in [0.25, 0.3) is 0 Å². The van der Waals surface area contributed by atoms with Crippen LogP contribution in [-0.4, -0.2) is 31.2 Å². The maximum absolute atomic E-state index is 10.9. The summed E-state index contributed by atoms with van der Waals surface area (Å²) in [6.07, 6.45) is 8.42. The van der Waals surface area contributed by atoms with Crippen molar-refractivity contribution in [2.75, 3.05) is 13.7 Å². The highest BCUT2D eigenvalue weighted by Gasteiger charge is 2.39. The fraction of sp³-hybridized carbons (Fsp3) is 0.957. The van der Waals surface area contributed by atoms with E-state index in [-0.39, 0.29) is 10.8 Å². The first-order chi connectivity index (χ1) is 11.9. The Morgan fingerprint density at radius 1 is 1.08 bits per heavy atom. The lowest BCUT2D eigenvalue weighted by Crippen LogP contribution is -2.30. The molecule has 3 nitrogen and oxygen atoms in total. The first-order valence-corrected chi connectivity index (χ1v) is 10.5. The average Bonchev–Trinajstić information content (AvgIpc) is 3.16. The second-order valence-electron chi connectivity index (χ2n) is 10.5. The summed E-state index contributed by atoms with van der Waals surface area (Å²) in [4.78, 5) is 10.9. The molecule has 0 aromatic rings. The van der Waals surface area contributed by atoms with Gasteiger partial charge in [0.15, 0.2) is 0 Å². The van der Waals surface area contributed by atoms with E-state index in [0.29, 0.717) is 24.5 Å². The van der Waals surface area contributed by atoms with Crippen LogP contribution in [0.1, 0.15) is 87.5 Å². The van der Waals surface area contributed by atoms with E-state index >= 15 is 0 Å². The second kappa shape index (κ2) is 11.4. The van der Waals surface area contributed by atoms with Gasteiger partial charge in [-0.3, -0.25) is 0 Å². The third-order valence-electron chi connectivity index (χ3n) is 5.84. The number of fused-ring (bicyclic) bond motifs is 2. The number of hydrogen-bond donors (Lipinski definition) is 1. The molecule has 3 heteroatoms. The smallest absolute Gasteiger partial charge is 0.126 e. The molecule has 2 fully saturated rings. The van der Waals surface area contributed by atoms with Crippen molar-refractivity contribution < 1.29 is 14.6 Å². The average molecular weight is 371 g/mol. The molecular formula is C23H46O3. The van der Waals surface area contributed by atoms with Crippen molar-refractivity contribution in [1.82, 2.24) is 0 Å². The molecule has 156 valence electrons. The van der Waals surface area contributed by atoms with Crippen LogP contribution in [0, 0.1) is 34.5 Å². The van der Waals surface area contributed by atoms with Crippen molar-refractivity contribution >= 4 is 6.29 Å². The molecule has 0 aliphatic heterocycles. The Balaban J connectivity index is 0.000000391. The molecule has 0 radical (unpaired) electrons. The Kier molecular flexibility index (Phi) is 11.3. The zero-order valence-electron chi connectivity index (χ0n) is 19.0. The molecule has 0 saturated heterocycles. The lowest BCUT2D eigenvalue weighted by atomic mass is 9.70. The van der Waals surface area contributed by atoms with E-state index in [1.165, 1.54) is 25.7 Å². The monoisotopic (exact) mass is 370 g/mol. The zero-order valence-corrected chi connectivity index (χ0v) is 19.0. The van der Waals surface area contributed by atoms with Gasteiger partial charge in [-0.2, -0.15) is 0 Å². The Labute approximate surface area is 163 Å². The van der Waals surface area contributed by atoms with E-state index in [9.17, 15) is 4.79 Å². The van der Waals surface area contributed by atoms with Gasteiger partial charge in [-0.25, -0.2) is 0 Å². The summed E-state index contributed by atoms with van der Waals surface area (Å²) >= 11 is 0. The molecule has 0 spiro atoms. The van der Waals surface area contributed by atoms with E-state index in [0.717, 1.165) is 24.5 Å². The van der Waals surface area contributed by atoms with Gasteiger partial charge in [-0.1, -0.05) is 55.4 Å². The predicted octanol–water partition coefficient (Wildman–Crippen LogP) is 5.74. The number of ether oxygens (including phenoxy) is 1. The minimum atomic E-state index is -0.155. The van der Waals surface area contributed by atoms with Crippen LogP contribution in [0.3, 0.4) is 0 Å². The van der Waals surface area contributed by atoms with Gasteiger partial charge in [0.25, 0.3) is 0 Å². The molecule has 4 atom stereocenters. The summed E-state index contributed by atoms with van der Waals surface area (Å²) in [7, 11) is 1.85. The highest BCUT2D eigenvalue weighted by molar-refractivity contribution is 5.59. The second-order valence-corrected chi connectivity index (χ2v) is 10.5. The van der Waals surface area contributed by atoms with Crippen molar-refractivity contribution in [1.29, 1.82) is 0 Å². The van der Waals surface area contributed by atoms with E-state index in [1.54, 1.807) is 0 Å². The SMILES string of the molecule is CC(C)C(C)(C=O)CC(C)(C)C.CC(C)CO.COC1CC2CCC1C2. The normalized spacial score (nSPS) is 26.7. The number of aldehydes is 1. The van der Waals surface area contributed by atoms with Crippen LogP contribution in [0.15, 0.2) is 0 Å². The third kappa shape index (κ3) is 9.50. The summed E-state index contributed by atoms with van der Waals surface area (Å²) in [5.74, 6) is 2.82. The molecule has 2 aliphatic rings. The van der Waals surface area contributed by atoms with E-state index < -0.39 is 0 Å². The summed E-state index contributed by atoms with van der Waals surface area (Å²) in [5, 5.41) is 8.14. The van der Waals surface area contributed by atoms with Crippen LogP contribution in [0.4, 0.5) is 0 Å². The number of carbonyl (C=O) groups is 1. The number of carbonyl (C=O) groups excluding carboxylic acids is 1. The minimum absolute atomic E-state index is 0.155. The van der Waals surface area contributed by atoms with Crippen molar-refractivity contribution in [3.63, 3.8) is 0 Å². The summed E-state index contributed by atoms with van der Waals surface area (Å²) in [6, 6.07) is 0. The standard InChI is InChI=1S/C11H22O.C8H14O.C4H10O/c1-9(2)11(6,8-12)7-10(3,4)5;1-9-8-5-6-2-3-7(8)4-6;1-4(2)3-5/h8-9H,7H2,1-6H3;6-8H,2-5H2,1H3;4-5H,3H2,1-2H3. The summed E-state index contributed by atoms with van der Waals surface area (Å²) < 4.78 is 5.35. The van der Waals surface area contributed by atoms with E-state index in [4.69, 9.17) is 9.84 Å².